The van der Waals surface area contributed by atoms with Gasteiger partial charge in [-0.25, -0.2) is 0 Å². The summed E-state index contributed by atoms with van der Waals surface area (Å²) in [5.41, 5.74) is -1.14. The number of hydrogen-bond donors (Lipinski definition) is 3. The smallest absolute Gasteiger partial charge is 0.156 e. The quantitative estimate of drug-likeness (QED) is 0.681. The van der Waals surface area contributed by atoms with Crippen LogP contribution in [0.4, 0.5) is 0 Å². The number of hydrogen-bond acceptors (Lipinski definition) is 4. The Hall–Kier alpha value is -0.710. The molecule has 8 atom stereocenters. The van der Waals surface area contributed by atoms with Gasteiger partial charge in [-0.05, 0) is 81.1 Å². The third-order valence-corrected chi connectivity index (χ3v) is 8.82. The van der Waals surface area contributed by atoms with Gasteiger partial charge >= 0.3 is 0 Å². The summed E-state index contributed by atoms with van der Waals surface area (Å²) in [7, 11) is 0. The molecule has 0 aromatic heterocycles. The minimum atomic E-state index is -1.24. The van der Waals surface area contributed by atoms with E-state index in [1.807, 2.05) is 6.92 Å². The largest absolute Gasteiger partial charge is 0.393 e. The molecule has 0 spiro atoms. The highest BCUT2D eigenvalue weighted by atomic mass is 16.3. The lowest BCUT2D eigenvalue weighted by Crippen LogP contribution is -2.65. The number of carbonyl (C=O) groups is 1. The van der Waals surface area contributed by atoms with E-state index in [9.17, 15) is 20.1 Å². The summed E-state index contributed by atoms with van der Waals surface area (Å²) in [6.45, 7) is 5.86. The fourth-order valence-electron chi connectivity index (χ4n) is 7.36. The van der Waals surface area contributed by atoms with Gasteiger partial charge in [0.2, 0.25) is 0 Å². The van der Waals surface area contributed by atoms with Gasteiger partial charge in [-0.3, -0.25) is 4.79 Å². The van der Waals surface area contributed by atoms with Gasteiger partial charge in [-0.1, -0.05) is 13.8 Å². The highest BCUT2D eigenvalue weighted by Gasteiger charge is 2.68. The molecule has 0 radical (unpaired) electrons. The number of Topliss-reactive ketones (excluding diaryl/α,β-unsaturated/α-hetero) is 1. The number of ketones is 1. The Morgan fingerprint density at radius 3 is 2.48 bits per heavy atom. The molecule has 4 heteroatoms. The van der Waals surface area contributed by atoms with Crippen LogP contribution in [0.15, 0.2) is 11.6 Å². The first kappa shape index (κ1) is 17.7. The van der Waals surface area contributed by atoms with E-state index >= 15 is 0 Å². The molecule has 3 unspecified atom stereocenters. The van der Waals surface area contributed by atoms with Crippen LogP contribution in [0.25, 0.3) is 0 Å². The number of aliphatic hydroxyl groups excluding tert-OH is 2. The molecule has 4 rings (SSSR count). The normalized spacial score (nSPS) is 55.0. The first-order chi connectivity index (χ1) is 11.6. The Morgan fingerprint density at radius 1 is 1.08 bits per heavy atom. The van der Waals surface area contributed by atoms with E-state index in [0.29, 0.717) is 17.4 Å². The summed E-state index contributed by atoms with van der Waals surface area (Å²) < 4.78 is 0. The summed E-state index contributed by atoms with van der Waals surface area (Å²) in [5.74, 6) is 0.845. The highest BCUT2D eigenvalue weighted by Crippen LogP contribution is 2.67. The van der Waals surface area contributed by atoms with Gasteiger partial charge in [-0.2, -0.15) is 0 Å². The van der Waals surface area contributed by atoms with Gasteiger partial charge in [-0.15, -0.1) is 0 Å². The topological polar surface area (TPSA) is 77.8 Å². The van der Waals surface area contributed by atoms with Crippen molar-refractivity contribution in [3.05, 3.63) is 11.6 Å². The predicted octanol–water partition coefficient (Wildman–Crippen LogP) is 2.60. The van der Waals surface area contributed by atoms with E-state index in [1.54, 1.807) is 13.0 Å². The number of fused-ring (bicyclic) bond motifs is 5. The van der Waals surface area contributed by atoms with Gasteiger partial charge in [0.1, 0.15) is 11.7 Å². The summed E-state index contributed by atoms with van der Waals surface area (Å²) in [6, 6.07) is 0. The lowest BCUT2D eigenvalue weighted by Gasteiger charge is -2.63. The second-order valence-corrected chi connectivity index (χ2v) is 9.70. The molecule has 0 amide bonds. The van der Waals surface area contributed by atoms with Crippen LogP contribution in [0.3, 0.4) is 0 Å². The zero-order valence-corrected chi connectivity index (χ0v) is 15.7. The fraction of sp³-hybridized carbons (Fsp3) is 0.857. The summed E-state index contributed by atoms with van der Waals surface area (Å²) in [5, 5.41) is 32.7. The maximum absolute atomic E-state index is 12.2. The zero-order chi connectivity index (χ0) is 18.2. The van der Waals surface area contributed by atoms with Gasteiger partial charge < -0.3 is 15.3 Å². The molecule has 3 N–H and O–H groups in total. The molecule has 0 aliphatic heterocycles. The first-order valence-corrected chi connectivity index (χ1v) is 9.96. The maximum atomic E-state index is 12.2. The molecule has 140 valence electrons. The fourth-order valence-corrected chi connectivity index (χ4v) is 7.36. The highest BCUT2D eigenvalue weighted by molar-refractivity contribution is 5.96. The number of rotatable bonds is 1. The van der Waals surface area contributed by atoms with Crippen LogP contribution in [0.2, 0.25) is 0 Å². The van der Waals surface area contributed by atoms with Crippen LogP contribution >= 0.6 is 0 Å². The van der Waals surface area contributed by atoms with Crippen molar-refractivity contribution in [1.29, 1.82) is 0 Å². The minimum absolute atomic E-state index is 0.0193. The molecule has 3 saturated carbocycles. The van der Waals surface area contributed by atoms with Crippen LogP contribution in [-0.2, 0) is 4.79 Å². The van der Waals surface area contributed by atoms with Crippen molar-refractivity contribution in [2.75, 3.05) is 0 Å². The van der Waals surface area contributed by atoms with Crippen LogP contribution in [0.1, 0.15) is 65.7 Å². The van der Waals surface area contributed by atoms with Crippen molar-refractivity contribution < 1.29 is 20.1 Å². The molecule has 4 aliphatic rings. The standard InChI is InChI=1S/C21H32O4/c1-12(22)17-11-18(24)21(25)16-5-4-13-10-14(23)6-8-19(13,2)15(16)7-9-20(17,21)3/h11,13-16,18,23-25H,4-10H2,1-3H3/t13?,14?,15-,16+,18?,19-,20+,21-/m0/s1. The molecule has 25 heavy (non-hydrogen) atoms. The van der Waals surface area contributed by atoms with E-state index in [2.05, 4.69) is 6.92 Å². The molecule has 4 aliphatic carbocycles. The number of carbonyl (C=O) groups excluding carboxylic acids is 1. The van der Waals surface area contributed by atoms with Crippen LogP contribution in [-0.4, -0.2) is 38.9 Å². The zero-order valence-electron chi connectivity index (χ0n) is 15.7. The van der Waals surface area contributed by atoms with Crippen molar-refractivity contribution >= 4 is 5.78 Å². The van der Waals surface area contributed by atoms with Crippen molar-refractivity contribution in [3.63, 3.8) is 0 Å². The van der Waals surface area contributed by atoms with E-state index in [4.69, 9.17) is 0 Å². The molecule has 0 saturated heterocycles. The van der Waals surface area contributed by atoms with E-state index in [0.717, 1.165) is 44.9 Å². The Balaban J connectivity index is 1.73. The molecular weight excluding hydrogens is 316 g/mol. The van der Waals surface area contributed by atoms with Gasteiger partial charge in [0.15, 0.2) is 5.78 Å². The third kappa shape index (κ3) is 2.08. The first-order valence-electron chi connectivity index (χ1n) is 9.96. The van der Waals surface area contributed by atoms with Gasteiger partial charge in [0.25, 0.3) is 0 Å². The van der Waals surface area contributed by atoms with Crippen molar-refractivity contribution in [2.45, 2.75) is 83.5 Å². The summed E-state index contributed by atoms with van der Waals surface area (Å²) in [4.78, 5) is 12.2. The van der Waals surface area contributed by atoms with E-state index in [-0.39, 0.29) is 23.2 Å². The van der Waals surface area contributed by atoms with E-state index in [1.165, 1.54) is 0 Å². The average molecular weight is 348 g/mol. The van der Waals surface area contributed by atoms with E-state index < -0.39 is 17.1 Å². The minimum Gasteiger partial charge on any atom is -0.393 e. The molecule has 0 aromatic rings. The Morgan fingerprint density at radius 2 is 1.80 bits per heavy atom. The van der Waals surface area contributed by atoms with Crippen LogP contribution in [0.5, 0.6) is 0 Å². The van der Waals surface area contributed by atoms with Crippen molar-refractivity contribution in [3.8, 4) is 0 Å². The molecule has 3 fully saturated rings. The van der Waals surface area contributed by atoms with Crippen molar-refractivity contribution in [1.82, 2.24) is 0 Å². The van der Waals surface area contributed by atoms with Gasteiger partial charge in [0, 0.05) is 11.0 Å². The summed E-state index contributed by atoms with van der Waals surface area (Å²) >= 11 is 0. The second-order valence-electron chi connectivity index (χ2n) is 9.70. The summed E-state index contributed by atoms with van der Waals surface area (Å²) in [6.07, 6.45) is 6.80. The monoisotopic (exact) mass is 348 g/mol. The SMILES string of the molecule is CC(=O)C1=CC(O)[C@@]2(O)[C@@H]3CCC4CC(O)CC[C@]4(C)[C@H]3CC[C@]12C. The lowest BCUT2D eigenvalue weighted by atomic mass is 9.43. The molecule has 4 nitrogen and oxygen atoms in total. The Bertz CT molecular complexity index is 627. The Labute approximate surface area is 150 Å². The average Bonchev–Trinajstić information content (AvgIpc) is 2.76. The Kier molecular flexibility index (Phi) is 3.82. The molecular formula is C21H32O4. The van der Waals surface area contributed by atoms with Crippen molar-refractivity contribution in [2.24, 2.45) is 28.6 Å². The maximum Gasteiger partial charge on any atom is 0.156 e. The molecule has 0 heterocycles. The molecule has 0 aromatic carbocycles. The predicted molar refractivity (Wildman–Crippen MR) is 94.7 cm³/mol. The van der Waals surface area contributed by atoms with Gasteiger partial charge in [0.05, 0.1) is 6.10 Å². The van der Waals surface area contributed by atoms with Crippen LogP contribution in [0, 0.1) is 28.6 Å². The third-order valence-electron chi connectivity index (χ3n) is 8.82. The lowest BCUT2D eigenvalue weighted by molar-refractivity contribution is -0.226. The molecule has 0 bridgehead atoms. The van der Waals surface area contributed by atoms with Crippen LogP contribution < -0.4 is 0 Å². The second kappa shape index (κ2) is 5.40. The number of aliphatic hydroxyl groups is 3.